The van der Waals surface area contributed by atoms with E-state index in [0.29, 0.717) is 6.61 Å². The number of allylic oxidation sites excluding steroid dienone is 4. The van der Waals surface area contributed by atoms with Crippen molar-refractivity contribution in [1.82, 2.24) is 0 Å². The molecule has 0 aromatic heterocycles. The first-order valence-electron chi connectivity index (χ1n) is 4.58. The van der Waals surface area contributed by atoms with Crippen LogP contribution in [0.25, 0.3) is 0 Å². The van der Waals surface area contributed by atoms with Crippen molar-refractivity contribution in [3.63, 3.8) is 0 Å². The molecule has 0 saturated heterocycles. The average Bonchev–Trinajstić information content (AvgIpc) is 2.30. The highest BCUT2D eigenvalue weighted by molar-refractivity contribution is 5.33. The summed E-state index contributed by atoms with van der Waals surface area (Å²) in [6.45, 7) is 4.41. The van der Waals surface area contributed by atoms with Crippen LogP contribution in [0, 0.1) is 0 Å². The van der Waals surface area contributed by atoms with Crippen LogP contribution in [0.1, 0.15) is 20.3 Å². The van der Waals surface area contributed by atoms with Gasteiger partial charge in [0, 0.05) is 12.2 Å². The highest BCUT2D eigenvalue weighted by Crippen LogP contribution is 2.14. The van der Waals surface area contributed by atoms with Crippen molar-refractivity contribution < 1.29 is 9.84 Å². The summed E-state index contributed by atoms with van der Waals surface area (Å²) in [6, 6.07) is 0. The van der Waals surface area contributed by atoms with Gasteiger partial charge >= 0.3 is 0 Å². The first-order chi connectivity index (χ1) is 6.24. The molecule has 13 heavy (non-hydrogen) atoms. The third kappa shape index (κ3) is 3.17. The van der Waals surface area contributed by atoms with Gasteiger partial charge in [-0.3, -0.25) is 0 Å². The molecular formula is C11H16O2. The van der Waals surface area contributed by atoms with Crippen LogP contribution in [0.15, 0.2) is 35.5 Å². The van der Waals surface area contributed by atoms with Gasteiger partial charge in [0.15, 0.2) is 6.29 Å². The summed E-state index contributed by atoms with van der Waals surface area (Å²) in [6.07, 6.45) is 8.12. The van der Waals surface area contributed by atoms with E-state index in [9.17, 15) is 5.11 Å². The Morgan fingerprint density at radius 3 is 3.08 bits per heavy atom. The number of aliphatic hydroxyl groups is 1. The Balaban J connectivity index is 2.71. The van der Waals surface area contributed by atoms with Gasteiger partial charge in [-0.05, 0) is 20.3 Å². The van der Waals surface area contributed by atoms with Crippen LogP contribution < -0.4 is 0 Å². The molecule has 0 bridgehead atoms. The molecule has 0 heterocycles. The SMILES string of the molecule is CCOC(O)C1=CC(C)=CCC=C1. The molecule has 1 N–H and O–H groups in total. The highest BCUT2D eigenvalue weighted by Gasteiger charge is 2.08. The Morgan fingerprint density at radius 2 is 2.38 bits per heavy atom. The summed E-state index contributed by atoms with van der Waals surface area (Å²) in [7, 11) is 0. The van der Waals surface area contributed by atoms with E-state index in [-0.39, 0.29) is 0 Å². The van der Waals surface area contributed by atoms with Gasteiger partial charge in [0.1, 0.15) is 0 Å². The maximum atomic E-state index is 9.55. The predicted molar refractivity (Wildman–Crippen MR) is 53.2 cm³/mol. The molecule has 72 valence electrons. The summed E-state index contributed by atoms with van der Waals surface area (Å²) in [5.74, 6) is 0. The van der Waals surface area contributed by atoms with E-state index in [1.54, 1.807) is 0 Å². The fraction of sp³-hybridized carbons (Fsp3) is 0.455. The standard InChI is InChI=1S/C11H16O2/c1-3-13-11(12)10-7-5-4-6-9(2)8-10/h5-8,11-12H,3-4H2,1-2H3. The van der Waals surface area contributed by atoms with Gasteiger partial charge in [0.05, 0.1) is 0 Å². The van der Waals surface area contributed by atoms with E-state index in [1.165, 1.54) is 5.57 Å². The van der Waals surface area contributed by atoms with Crippen LogP contribution in [0.2, 0.25) is 0 Å². The van der Waals surface area contributed by atoms with E-state index in [1.807, 2.05) is 32.1 Å². The molecule has 0 saturated carbocycles. The van der Waals surface area contributed by atoms with Gasteiger partial charge in [-0.2, -0.15) is 0 Å². The predicted octanol–water partition coefficient (Wildman–Crippen LogP) is 2.17. The zero-order valence-electron chi connectivity index (χ0n) is 8.16. The second-order valence-electron chi connectivity index (χ2n) is 3.04. The monoisotopic (exact) mass is 180 g/mol. The first kappa shape index (κ1) is 10.2. The third-order valence-corrected chi connectivity index (χ3v) is 1.89. The molecule has 1 aliphatic rings. The minimum atomic E-state index is -0.789. The lowest BCUT2D eigenvalue weighted by molar-refractivity contribution is -0.0646. The molecule has 0 spiro atoms. The molecule has 1 unspecified atom stereocenters. The lowest BCUT2D eigenvalue weighted by Gasteiger charge is -2.11. The van der Waals surface area contributed by atoms with Crippen molar-refractivity contribution in [2.24, 2.45) is 0 Å². The van der Waals surface area contributed by atoms with Gasteiger partial charge in [-0.1, -0.05) is 29.9 Å². The second kappa shape index (κ2) is 5.00. The van der Waals surface area contributed by atoms with E-state index in [0.717, 1.165) is 12.0 Å². The molecule has 2 heteroatoms. The third-order valence-electron chi connectivity index (χ3n) is 1.89. The minimum absolute atomic E-state index is 0.523. The van der Waals surface area contributed by atoms with E-state index >= 15 is 0 Å². The molecular weight excluding hydrogens is 164 g/mol. The molecule has 0 aliphatic heterocycles. The number of ether oxygens (including phenoxy) is 1. The van der Waals surface area contributed by atoms with E-state index in [2.05, 4.69) is 6.08 Å². The largest absolute Gasteiger partial charge is 0.364 e. The Labute approximate surface area is 79.2 Å². The van der Waals surface area contributed by atoms with Crippen molar-refractivity contribution >= 4 is 0 Å². The van der Waals surface area contributed by atoms with E-state index < -0.39 is 6.29 Å². The highest BCUT2D eigenvalue weighted by atomic mass is 16.6. The van der Waals surface area contributed by atoms with Crippen molar-refractivity contribution in [2.45, 2.75) is 26.6 Å². The van der Waals surface area contributed by atoms with Crippen molar-refractivity contribution in [3.8, 4) is 0 Å². The van der Waals surface area contributed by atoms with Crippen LogP contribution in [0.4, 0.5) is 0 Å². The van der Waals surface area contributed by atoms with Gasteiger partial charge < -0.3 is 9.84 Å². The molecule has 0 fully saturated rings. The Hall–Kier alpha value is -0.860. The normalized spacial score (nSPS) is 19.0. The fourth-order valence-corrected chi connectivity index (χ4v) is 1.24. The van der Waals surface area contributed by atoms with Crippen molar-refractivity contribution in [1.29, 1.82) is 0 Å². The smallest absolute Gasteiger partial charge is 0.181 e. The van der Waals surface area contributed by atoms with Crippen molar-refractivity contribution in [2.75, 3.05) is 6.61 Å². The molecule has 0 amide bonds. The van der Waals surface area contributed by atoms with Crippen molar-refractivity contribution in [3.05, 3.63) is 35.5 Å². The van der Waals surface area contributed by atoms with Crippen LogP contribution in [0.5, 0.6) is 0 Å². The lowest BCUT2D eigenvalue weighted by atomic mass is 10.2. The van der Waals surface area contributed by atoms with Crippen LogP contribution in [-0.4, -0.2) is 18.0 Å². The van der Waals surface area contributed by atoms with Gasteiger partial charge in [-0.15, -0.1) is 0 Å². The Bertz CT molecular complexity index is 249. The zero-order valence-corrected chi connectivity index (χ0v) is 8.16. The quantitative estimate of drug-likeness (QED) is 0.674. The summed E-state index contributed by atoms with van der Waals surface area (Å²) < 4.78 is 5.09. The molecule has 1 rings (SSSR count). The Morgan fingerprint density at radius 1 is 1.62 bits per heavy atom. The number of rotatable bonds is 3. The number of hydrogen-bond acceptors (Lipinski definition) is 2. The lowest BCUT2D eigenvalue weighted by Crippen LogP contribution is -2.13. The van der Waals surface area contributed by atoms with Gasteiger partial charge in [-0.25, -0.2) is 0 Å². The molecule has 1 aliphatic carbocycles. The summed E-state index contributed by atoms with van der Waals surface area (Å²) in [4.78, 5) is 0. The fourth-order valence-electron chi connectivity index (χ4n) is 1.24. The van der Waals surface area contributed by atoms with E-state index in [4.69, 9.17) is 4.74 Å². The van der Waals surface area contributed by atoms with Crippen LogP contribution in [-0.2, 0) is 4.74 Å². The van der Waals surface area contributed by atoms with Crippen LogP contribution in [0.3, 0.4) is 0 Å². The number of hydrogen-bond donors (Lipinski definition) is 1. The van der Waals surface area contributed by atoms with Gasteiger partial charge in [0.2, 0.25) is 0 Å². The maximum absolute atomic E-state index is 9.55. The second-order valence-corrected chi connectivity index (χ2v) is 3.04. The molecule has 1 atom stereocenters. The Kier molecular flexibility index (Phi) is 3.93. The molecule has 2 nitrogen and oxygen atoms in total. The average molecular weight is 180 g/mol. The zero-order chi connectivity index (χ0) is 9.68. The molecule has 0 radical (unpaired) electrons. The first-order valence-corrected chi connectivity index (χ1v) is 4.58. The van der Waals surface area contributed by atoms with Gasteiger partial charge in [0.25, 0.3) is 0 Å². The summed E-state index contributed by atoms with van der Waals surface area (Å²) >= 11 is 0. The van der Waals surface area contributed by atoms with Crippen LogP contribution >= 0.6 is 0 Å². The number of aliphatic hydroxyl groups excluding tert-OH is 1. The maximum Gasteiger partial charge on any atom is 0.181 e. The topological polar surface area (TPSA) is 29.5 Å². The molecule has 0 aromatic rings. The molecule has 0 aromatic carbocycles. The summed E-state index contributed by atoms with van der Waals surface area (Å²) in [5, 5.41) is 9.55. The summed E-state index contributed by atoms with van der Waals surface area (Å²) in [5.41, 5.74) is 1.99. The minimum Gasteiger partial charge on any atom is -0.364 e.